The summed E-state index contributed by atoms with van der Waals surface area (Å²) in [4.78, 5) is -0.398. The van der Waals surface area contributed by atoms with E-state index in [0.29, 0.717) is 0 Å². The molecule has 0 heterocycles. The topological polar surface area (TPSA) is 0 Å². The van der Waals surface area contributed by atoms with Gasteiger partial charge in [-0.25, -0.2) is 0 Å². The monoisotopic (exact) mass is 242 g/mol. The van der Waals surface area contributed by atoms with Gasteiger partial charge in [-0.2, -0.15) is 0 Å². The fraction of sp³-hybridized carbons (Fsp3) is 0.538. The van der Waals surface area contributed by atoms with Gasteiger partial charge in [0.2, 0.25) is 0 Å². The molecule has 1 fully saturated rings. The highest BCUT2D eigenvalue weighted by molar-refractivity contribution is 6.44. The van der Waals surface area contributed by atoms with Gasteiger partial charge in [-0.1, -0.05) is 43.5 Å². The maximum atomic E-state index is 5.81. The van der Waals surface area contributed by atoms with Crippen LogP contribution >= 0.6 is 23.2 Å². The van der Waals surface area contributed by atoms with Crippen LogP contribution in [-0.4, -0.2) is 0 Å². The Morgan fingerprint density at radius 1 is 0.933 bits per heavy atom. The van der Waals surface area contributed by atoms with E-state index >= 15 is 0 Å². The minimum Gasteiger partial charge on any atom is -0.100 e. The minimum absolute atomic E-state index is 0.398. The molecule has 0 radical (unpaired) electrons. The van der Waals surface area contributed by atoms with E-state index in [1.807, 2.05) is 0 Å². The molecular weight excluding hydrogens is 227 g/mol. The van der Waals surface area contributed by atoms with Crippen LogP contribution in [0, 0.1) is 0 Å². The van der Waals surface area contributed by atoms with E-state index in [0.717, 1.165) is 11.5 Å². The molecule has 0 saturated heterocycles. The summed E-state index contributed by atoms with van der Waals surface area (Å²) < 4.78 is 0. The van der Waals surface area contributed by atoms with E-state index in [4.69, 9.17) is 23.2 Å². The average molecular weight is 243 g/mol. The second-order valence-electron chi connectivity index (χ2n) is 4.30. The number of rotatable bonds is 2. The highest BCUT2D eigenvalue weighted by Gasteiger charge is 2.15. The first-order valence-corrected chi connectivity index (χ1v) is 6.52. The Kier molecular flexibility index (Phi) is 3.93. The second kappa shape index (κ2) is 5.23. The van der Waals surface area contributed by atoms with Crippen molar-refractivity contribution in [2.75, 3.05) is 0 Å². The summed E-state index contributed by atoms with van der Waals surface area (Å²) in [6.45, 7) is 0. The van der Waals surface area contributed by atoms with Gasteiger partial charge in [0.05, 0.1) is 0 Å². The Morgan fingerprint density at radius 3 is 2.07 bits per heavy atom. The number of benzene rings is 1. The fourth-order valence-electron chi connectivity index (χ4n) is 2.35. The Hall–Kier alpha value is -0.200. The predicted molar refractivity (Wildman–Crippen MR) is 66.7 cm³/mol. The summed E-state index contributed by atoms with van der Waals surface area (Å²) in [6, 6.07) is 8.47. The highest BCUT2D eigenvalue weighted by atomic mass is 35.5. The first-order valence-electron chi connectivity index (χ1n) is 5.65. The summed E-state index contributed by atoms with van der Waals surface area (Å²) in [5.41, 5.74) is 2.45. The molecule has 0 bridgehead atoms. The Morgan fingerprint density at radius 2 is 1.53 bits per heavy atom. The van der Waals surface area contributed by atoms with E-state index in [9.17, 15) is 0 Å². The van der Waals surface area contributed by atoms with Crippen molar-refractivity contribution in [2.24, 2.45) is 0 Å². The van der Waals surface area contributed by atoms with Crippen LogP contribution in [0.5, 0.6) is 0 Å². The van der Waals surface area contributed by atoms with Crippen molar-refractivity contribution in [2.45, 2.75) is 42.9 Å². The standard InChI is InChI=1S/C13H16Cl2/c14-13(15)12-8-6-11(7-9-12)10-4-2-1-3-5-10/h6-10,13H,1-5H2. The molecule has 0 aromatic heterocycles. The van der Waals surface area contributed by atoms with Crippen LogP contribution in [0.4, 0.5) is 0 Å². The molecule has 0 nitrogen and oxygen atoms in total. The van der Waals surface area contributed by atoms with Crippen molar-refractivity contribution in [1.29, 1.82) is 0 Å². The molecule has 2 heteroatoms. The van der Waals surface area contributed by atoms with Gasteiger partial charge in [-0.05, 0) is 29.9 Å². The summed E-state index contributed by atoms with van der Waals surface area (Å²) in [5.74, 6) is 0.761. The zero-order chi connectivity index (χ0) is 10.7. The van der Waals surface area contributed by atoms with Crippen LogP contribution < -0.4 is 0 Å². The molecule has 15 heavy (non-hydrogen) atoms. The molecule has 0 amide bonds. The van der Waals surface area contributed by atoms with Crippen molar-refractivity contribution in [3.63, 3.8) is 0 Å². The normalized spacial score (nSPS) is 18.3. The van der Waals surface area contributed by atoms with E-state index in [2.05, 4.69) is 24.3 Å². The van der Waals surface area contributed by atoms with E-state index in [-0.39, 0.29) is 0 Å². The molecule has 0 N–H and O–H groups in total. The lowest BCUT2D eigenvalue weighted by atomic mass is 9.84. The Labute approximate surface area is 102 Å². The van der Waals surface area contributed by atoms with Crippen LogP contribution in [0.2, 0.25) is 0 Å². The van der Waals surface area contributed by atoms with Gasteiger partial charge in [-0.15, -0.1) is 23.2 Å². The van der Waals surface area contributed by atoms with Crippen molar-refractivity contribution in [1.82, 2.24) is 0 Å². The predicted octanol–water partition coefficient (Wildman–Crippen LogP) is 5.21. The van der Waals surface area contributed by atoms with Gasteiger partial charge >= 0.3 is 0 Å². The molecule has 0 unspecified atom stereocenters. The number of alkyl halides is 2. The first-order chi connectivity index (χ1) is 7.27. The van der Waals surface area contributed by atoms with Gasteiger partial charge in [0, 0.05) is 0 Å². The minimum atomic E-state index is -0.398. The fourth-order valence-corrected chi connectivity index (χ4v) is 2.64. The van der Waals surface area contributed by atoms with Crippen LogP contribution in [0.15, 0.2) is 24.3 Å². The Bertz CT molecular complexity index is 297. The highest BCUT2D eigenvalue weighted by Crippen LogP contribution is 2.33. The number of hydrogen-bond acceptors (Lipinski definition) is 0. The zero-order valence-corrected chi connectivity index (χ0v) is 10.3. The summed E-state index contributed by atoms with van der Waals surface area (Å²) in [5, 5.41) is 0. The van der Waals surface area contributed by atoms with Gasteiger partial charge in [0.25, 0.3) is 0 Å². The van der Waals surface area contributed by atoms with Gasteiger partial charge in [0.1, 0.15) is 4.84 Å². The molecule has 1 saturated carbocycles. The second-order valence-corrected chi connectivity index (χ2v) is 5.40. The number of hydrogen-bond donors (Lipinski definition) is 0. The van der Waals surface area contributed by atoms with Crippen LogP contribution in [0.1, 0.15) is 54.0 Å². The molecule has 82 valence electrons. The smallest absolute Gasteiger partial charge is 0.100 e. The largest absolute Gasteiger partial charge is 0.132 e. The van der Waals surface area contributed by atoms with Crippen molar-refractivity contribution < 1.29 is 0 Å². The molecule has 2 rings (SSSR count). The maximum Gasteiger partial charge on any atom is 0.132 e. The lowest BCUT2D eigenvalue weighted by Gasteiger charge is -2.22. The molecule has 1 aliphatic carbocycles. The quantitative estimate of drug-likeness (QED) is 0.625. The van der Waals surface area contributed by atoms with Gasteiger partial charge in [0.15, 0.2) is 0 Å². The van der Waals surface area contributed by atoms with Gasteiger partial charge < -0.3 is 0 Å². The third-order valence-corrected chi connectivity index (χ3v) is 3.77. The van der Waals surface area contributed by atoms with E-state index in [1.54, 1.807) is 0 Å². The summed E-state index contributed by atoms with van der Waals surface area (Å²) >= 11 is 11.6. The van der Waals surface area contributed by atoms with Crippen molar-refractivity contribution in [3.05, 3.63) is 35.4 Å². The maximum absolute atomic E-state index is 5.81. The van der Waals surface area contributed by atoms with E-state index in [1.165, 1.54) is 37.7 Å². The summed E-state index contributed by atoms with van der Waals surface area (Å²) in [6.07, 6.45) is 6.83. The Balaban J connectivity index is 2.08. The van der Waals surface area contributed by atoms with E-state index < -0.39 is 4.84 Å². The third-order valence-electron chi connectivity index (χ3n) is 3.27. The molecular formula is C13H16Cl2. The summed E-state index contributed by atoms with van der Waals surface area (Å²) in [7, 11) is 0. The molecule has 1 aromatic carbocycles. The SMILES string of the molecule is ClC(Cl)c1ccc(C2CCCCC2)cc1. The first kappa shape index (κ1) is 11.3. The van der Waals surface area contributed by atoms with Crippen LogP contribution in [0.3, 0.4) is 0 Å². The molecule has 1 aliphatic rings. The zero-order valence-electron chi connectivity index (χ0n) is 8.76. The molecule has 0 spiro atoms. The number of halogens is 2. The molecule has 1 aromatic rings. The lowest BCUT2D eigenvalue weighted by molar-refractivity contribution is 0.443. The molecule has 0 aliphatic heterocycles. The third kappa shape index (κ3) is 2.89. The lowest BCUT2D eigenvalue weighted by Crippen LogP contribution is -2.04. The average Bonchev–Trinajstić information content (AvgIpc) is 2.30. The van der Waals surface area contributed by atoms with Crippen LogP contribution in [-0.2, 0) is 0 Å². The molecule has 0 atom stereocenters. The van der Waals surface area contributed by atoms with Gasteiger partial charge in [-0.3, -0.25) is 0 Å². The van der Waals surface area contributed by atoms with Crippen LogP contribution in [0.25, 0.3) is 0 Å². The van der Waals surface area contributed by atoms with Crippen molar-refractivity contribution >= 4 is 23.2 Å². The van der Waals surface area contributed by atoms with Crippen molar-refractivity contribution in [3.8, 4) is 0 Å².